The van der Waals surface area contributed by atoms with Crippen molar-refractivity contribution in [3.63, 3.8) is 0 Å². The molecule has 14 nitrogen and oxygen atoms in total. The van der Waals surface area contributed by atoms with Gasteiger partial charge in [0.25, 0.3) is 10.1 Å². The van der Waals surface area contributed by atoms with Crippen LogP contribution in [0.4, 0.5) is 9.59 Å². The molecule has 1 heterocycles. The van der Waals surface area contributed by atoms with Crippen LogP contribution >= 0.6 is 0 Å². The molecule has 0 aromatic heterocycles. The van der Waals surface area contributed by atoms with E-state index in [2.05, 4.69) is 15.6 Å². The summed E-state index contributed by atoms with van der Waals surface area (Å²) in [5.41, 5.74) is -3.63. The molecule has 15 heteroatoms. The zero-order valence-corrected chi connectivity index (χ0v) is 21.7. The van der Waals surface area contributed by atoms with Gasteiger partial charge < -0.3 is 29.5 Å². The minimum absolute atomic E-state index is 0.423. The molecule has 6 N–H and O–H groups in total. The van der Waals surface area contributed by atoms with Gasteiger partial charge in [0.1, 0.15) is 23.4 Å². The summed E-state index contributed by atoms with van der Waals surface area (Å²) < 4.78 is 48.8. The lowest BCUT2D eigenvalue weighted by atomic mass is 9.86. The molecule has 1 rings (SSSR count). The lowest BCUT2D eigenvalue weighted by molar-refractivity contribution is -0.150. The minimum Gasteiger partial charge on any atom is -0.444 e. The SMILES string of the molecule is C[C@H]1[C@H]([C@H](O)[C@H](O)CO)O[C@H](S(=O)(=O)O)C[C@@H]1N=C(NC(=O)OC(C)(C)C)NC(=O)OC(C)(C)C. The van der Waals surface area contributed by atoms with Crippen LogP contribution in [0.15, 0.2) is 4.99 Å². The molecule has 0 bridgehead atoms. The van der Waals surface area contributed by atoms with Crippen LogP contribution in [-0.2, 0) is 24.3 Å². The Hall–Kier alpha value is -2.04. The van der Waals surface area contributed by atoms with Gasteiger partial charge in [-0.3, -0.25) is 15.2 Å². The van der Waals surface area contributed by atoms with Crippen molar-refractivity contribution in [2.24, 2.45) is 10.9 Å². The number of guanidine groups is 1. The first-order valence-corrected chi connectivity index (χ1v) is 12.4. The number of nitrogens with zero attached hydrogens (tertiary/aromatic N) is 1. The molecule has 0 radical (unpaired) electrons. The van der Waals surface area contributed by atoms with Crippen molar-refractivity contribution in [1.82, 2.24) is 10.6 Å². The van der Waals surface area contributed by atoms with Gasteiger partial charge in [0.2, 0.25) is 5.96 Å². The second-order valence-corrected chi connectivity index (χ2v) is 11.7. The maximum Gasteiger partial charge on any atom is 0.414 e. The molecule has 2 amide bonds. The number of hydrogen-bond acceptors (Lipinski definition) is 11. The summed E-state index contributed by atoms with van der Waals surface area (Å²) in [5.74, 6) is -1.27. The number of carbonyl (C=O) groups excluding carboxylic acids is 2. The van der Waals surface area contributed by atoms with E-state index in [9.17, 15) is 32.8 Å². The van der Waals surface area contributed by atoms with Crippen LogP contribution in [0.2, 0.25) is 0 Å². The molecule has 204 valence electrons. The molecule has 0 aliphatic carbocycles. The fourth-order valence-corrected chi connectivity index (χ4v) is 3.84. The normalized spacial score (nSPS) is 25.1. The van der Waals surface area contributed by atoms with Gasteiger partial charge in [-0.25, -0.2) is 14.6 Å². The van der Waals surface area contributed by atoms with Gasteiger partial charge in [-0.1, -0.05) is 6.92 Å². The topological polar surface area (TPSA) is 213 Å². The molecule has 35 heavy (non-hydrogen) atoms. The summed E-state index contributed by atoms with van der Waals surface area (Å²) in [6.45, 7) is 10.3. The monoisotopic (exact) mass is 527 g/mol. The summed E-state index contributed by atoms with van der Waals surface area (Å²) in [4.78, 5) is 28.9. The first kappa shape index (κ1) is 31.0. The highest BCUT2D eigenvalue weighted by atomic mass is 32.2. The number of alkyl carbamates (subject to hydrolysis) is 2. The van der Waals surface area contributed by atoms with Crippen LogP contribution in [0.5, 0.6) is 0 Å². The number of nitrogens with one attached hydrogen (secondary N) is 2. The Morgan fingerprint density at radius 2 is 1.51 bits per heavy atom. The summed E-state index contributed by atoms with van der Waals surface area (Å²) in [5, 5.41) is 33.9. The first-order valence-electron chi connectivity index (χ1n) is 10.9. The third-order valence-electron chi connectivity index (χ3n) is 4.65. The maximum atomic E-state index is 12.3. The van der Waals surface area contributed by atoms with Gasteiger partial charge >= 0.3 is 12.2 Å². The number of rotatable bonds is 5. The quantitative estimate of drug-likeness (QED) is 0.160. The van der Waals surface area contributed by atoms with Crippen molar-refractivity contribution in [1.29, 1.82) is 0 Å². The number of carbonyl (C=O) groups is 2. The number of aliphatic imine (C=N–C) groups is 1. The van der Waals surface area contributed by atoms with Crippen molar-refractivity contribution >= 4 is 28.3 Å². The molecular weight excluding hydrogens is 490 g/mol. The molecule has 0 saturated carbocycles. The molecule has 1 aliphatic rings. The molecular formula is C20H37N3O11S. The lowest BCUT2D eigenvalue weighted by Crippen LogP contribution is -2.55. The van der Waals surface area contributed by atoms with Crippen LogP contribution in [0.25, 0.3) is 0 Å². The van der Waals surface area contributed by atoms with E-state index < -0.39 is 88.2 Å². The highest BCUT2D eigenvalue weighted by Crippen LogP contribution is 2.32. The fraction of sp³-hybridized carbons (Fsp3) is 0.850. The van der Waals surface area contributed by atoms with E-state index >= 15 is 0 Å². The van der Waals surface area contributed by atoms with E-state index in [1.807, 2.05) is 0 Å². The van der Waals surface area contributed by atoms with Gasteiger partial charge in [-0.15, -0.1) is 0 Å². The lowest BCUT2D eigenvalue weighted by Gasteiger charge is -2.40. The average molecular weight is 528 g/mol. The van der Waals surface area contributed by atoms with Crippen molar-refractivity contribution in [2.45, 2.75) is 95.9 Å². The third-order valence-corrected chi connectivity index (χ3v) is 5.62. The third kappa shape index (κ3) is 10.6. The Kier molecular flexibility index (Phi) is 10.4. The Labute approximate surface area is 204 Å². The highest BCUT2D eigenvalue weighted by Gasteiger charge is 2.45. The molecule has 1 saturated heterocycles. The molecule has 0 unspecified atom stereocenters. The van der Waals surface area contributed by atoms with Crippen LogP contribution < -0.4 is 10.6 Å². The zero-order chi connectivity index (χ0) is 27.4. The molecule has 0 aromatic rings. The summed E-state index contributed by atoms with van der Waals surface area (Å²) in [6, 6.07) is -1.07. The molecule has 0 spiro atoms. The van der Waals surface area contributed by atoms with Crippen LogP contribution in [0.1, 0.15) is 54.9 Å². The van der Waals surface area contributed by atoms with E-state index in [4.69, 9.17) is 19.3 Å². The highest BCUT2D eigenvalue weighted by molar-refractivity contribution is 7.86. The van der Waals surface area contributed by atoms with E-state index in [1.165, 1.54) is 6.92 Å². The maximum absolute atomic E-state index is 12.3. The summed E-state index contributed by atoms with van der Waals surface area (Å²) in [6.07, 6.45) is -7.19. The predicted octanol–water partition coefficient (Wildman–Crippen LogP) is 0.113. The fourth-order valence-electron chi connectivity index (χ4n) is 3.13. The van der Waals surface area contributed by atoms with Crippen molar-refractivity contribution in [3.8, 4) is 0 Å². The summed E-state index contributed by atoms with van der Waals surface area (Å²) in [7, 11) is -4.78. The largest absolute Gasteiger partial charge is 0.444 e. The summed E-state index contributed by atoms with van der Waals surface area (Å²) >= 11 is 0. The standard InChI is InChI=1S/C20H37N3O11S/c1-10-11(8-13(35(29,30)31)32-15(10)14(26)12(25)9-24)21-16(22-17(27)33-19(2,3)4)23-18(28)34-20(5,6)7/h10-15,24-26H,8-9H2,1-7H3,(H,29,30,31)(H2,21,22,23,27,28)/t10-,11+,12-,13-,14-,15-/m1/s1. The van der Waals surface area contributed by atoms with Crippen LogP contribution in [0.3, 0.4) is 0 Å². The van der Waals surface area contributed by atoms with Crippen molar-refractivity contribution in [2.75, 3.05) is 6.61 Å². The smallest absolute Gasteiger partial charge is 0.414 e. The van der Waals surface area contributed by atoms with Crippen LogP contribution in [0, 0.1) is 5.92 Å². The van der Waals surface area contributed by atoms with Crippen molar-refractivity contribution < 1.29 is 52.1 Å². The van der Waals surface area contributed by atoms with E-state index in [0.29, 0.717) is 0 Å². The molecule has 1 aliphatic heterocycles. The van der Waals surface area contributed by atoms with Crippen LogP contribution in [-0.4, -0.2) is 94.0 Å². The molecule has 6 atom stereocenters. The number of amides is 2. The van der Waals surface area contributed by atoms with Crippen molar-refractivity contribution in [3.05, 3.63) is 0 Å². The average Bonchev–Trinajstić information content (AvgIpc) is 2.64. The zero-order valence-electron chi connectivity index (χ0n) is 20.9. The van der Waals surface area contributed by atoms with Gasteiger partial charge in [0.15, 0.2) is 5.44 Å². The molecule has 0 aromatic carbocycles. The Balaban J connectivity index is 3.36. The van der Waals surface area contributed by atoms with Gasteiger partial charge in [-0.2, -0.15) is 8.42 Å². The number of ether oxygens (including phenoxy) is 3. The second kappa shape index (κ2) is 11.8. The second-order valence-electron chi connectivity index (χ2n) is 10.2. The molecule has 1 fully saturated rings. The minimum atomic E-state index is -4.78. The first-order chi connectivity index (χ1) is 15.7. The number of hydrogen-bond donors (Lipinski definition) is 6. The van der Waals surface area contributed by atoms with Gasteiger partial charge in [0.05, 0.1) is 18.8 Å². The Bertz CT molecular complexity index is 848. The number of aliphatic hydroxyl groups excluding tert-OH is 3. The van der Waals surface area contributed by atoms with E-state index in [1.54, 1.807) is 41.5 Å². The van der Waals surface area contributed by atoms with Gasteiger partial charge in [-0.05, 0) is 41.5 Å². The predicted molar refractivity (Wildman–Crippen MR) is 123 cm³/mol. The number of aliphatic hydroxyl groups is 3. The Morgan fingerprint density at radius 1 is 1.06 bits per heavy atom. The van der Waals surface area contributed by atoms with Gasteiger partial charge in [0, 0.05) is 12.3 Å². The Morgan fingerprint density at radius 3 is 1.89 bits per heavy atom. The van der Waals surface area contributed by atoms with E-state index in [0.717, 1.165) is 0 Å². The van der Waals surface area contributed by atoms with E-state index in [-0.39, 0.29) is 0 Å².